The highest BCUT2D eigenvalue weighted by Crippen LogP contribution is 2.22. The monoisotopic (exact) mass is 380 g/mol. The van der Waals surface area contributed by atoms with E-state index in [1.165, 1.54) is 12.1 Å². The zero-order valence-electron chi connectivity index (χ0n) is 15.3. The standard InChI is InChI=1S/C19H22ClFN2O3/c1-5-26-19(25)18-11(2)17(12(3)22-18)16(24)10-23(4)9-13-14(20)7-6-8-15(13)21/h6-8,22H,5,9-10H2,1-4H3. The zero-order valence-corrected chi connectivity index (χ0v) is 16.0. The lowest BCUT2D eigenvalue weighted by molar-refractivity contribution is 0.0519. The predicted molar refractivity (Wildman–Crippen MR) is 98.3 cm³/mol. The van der Waals surface area contributed by atoms with E-state index in [0.717, 1.165) is 0 Å². The fraction of sp³-hybridized carbons (Fsp3) is 0.368. The Morgan fingerprint density at radius 2 is 2.00 bits per heavy atom. The molecule has 0 radical (unpaired) electrons. The van der Waals surface area contributed by atoms with E-state index in [4.69, 9.17) is 16.3 Å². The summed E-state index contributed by atoms with van der Waals surface area (Å²) < 4.78 is 18.9. The van der Waals surface area contributed by atoms with Gasteiger partial charge >= 0.3 is 5.97 Å². The van der Waals surface area contributed by atoms with Gasteiger partial charge < -0.3 is 9.72 Å². The Bertz CT molecular complexity index is 812. The Kier molecular flexibility index (Phi) is 6.56. The van der Waals surface area contributed by atoms with Crippen molar-refractivity contribution in [3.63, 3.8) is 0 Å². The molecule has 0 saturated heterocycles. The topological polar surface area (TPSA) is 62.4 Å². The average Bonchev–Trinajstić information content (AvgIpc) is 2.86. The largest absolute Gasteiger partial charge is 0.461 e. The maximum absolute atomic E-state index is 13.9. The van der Waals surface area contributed by atoms with Crippen LogP contribution >= 0.6 is 11.6 Å². The molecule has 0 atom stereocenters. The van der Waals surface area contributed by atoms with Gasteiger partial charge in [0.15, 0.2) is 5.78 Å². The van der Waals surface area contributed by atoms with Crippen molar-refractivity contribution in [1.29, 1.82) is 0 Å². The molecule has 0 amide bonds. The Hall–Kier alpha value is -2.18. The van der Waals surface area contributed by atoms with Crippen LogP contribution in [0.5, 0.6) is 0 Å². The second-order valence-electron chi connectivity index (χ2n) is 6.14. The number of Topliss-reactive ketones (excluding diaryl/α,β-unsaturated/α-hetero) is 1. The van der Waals surface area contributed by atoms with Crippen molar-refractivity contribution in [2.75, 3.05) is 20.2 Å². The van der Waals surface area contributed by atoms with E-state index in [0.29, 0.717) is 27.4 Å². The van der Waals surface area contributed by atoms with E-state index in [1.807, 2.05) is 0 Å². The first-order valence-corrected chi connectivity index (χ1v) is 8.64. The minimum atomic E-state index is -0.487. The Balaban J connectivity index is 2.16. The number of esters is 1. The number of halogens is 2. The number of rotatable bonds is 7. The van der Waals surface area contributed by atoms with E-state index in [1.54, 1.807) is 38.8 Å². The fourth-order valence-electron chi connectivity index (χ4n) is 2.91. The maximum Gasteiger partial charge on any atom is 0.355 e. The van der Waals surface area contributed by atoms with Crippen LogP contribution in [0, 0.1) is 19.7 Å². The van der Waals surface area contributed by atoms with Crippen molar-refractivity contribution in [3.05, 3.63) is 57.1 Å². The van der Waals surface area contributed by atoms with Crippen molar-refractivity contribution in [3.8, 4) is 0 Å². The predicted octanol–water partition coefficient (Wildman–Crippen LogP) is 3.92. The number of H-pyrrole nitrogens is 1. The summed E-state index contributed by atoms with van der Waals surface area (Å²) in [6.45, 7) is 5.67. The molecule has 140 valence electrons. The van der Waals surface area contributed by atoms with Crippen molar-refractivity contribution < 1.29 is 18.7 Å². The van der Waals surface area contributed by atoms with Gasteiger partial charge in [0, 0.05) is 28.4 Å². The van der Waals surface area contributed by atoms with Gasteiger partial charge in [-0.25, -0.2) is 9.18 Å². The van der Waals surface area contributed by atoms with Gasteiger partial charge in [0.25, 0.3) is 0 Å². The Labute approximate surface area is 157 Å². The number of nitrogens with zero attached hydrogens (tertiary/aromatic N) is 1. The number of aromatic nitrogens is 1. The first-order valence-electron chi connectivity index (χ1n) is 8.27. The molecule has 1 aromatic carbocycles. The van der Waals surface area contributed by atoms with Gasteiger partial charge in [0.05, 0.1) is 13.2 Å². The minimum Gasteiger partial charge on any atom is -0.461 e. The number of ketones is 1. The van der Waals surface area contributed by atoms with Crippen LogP contribution in [0.15, 0.2) is 18.2 Å². The molecule has 1 aromatic heterocycles. The van der Waals surface area contributed by atoms with Gasteiger partial charge in [-0.2, -0.15) is 0 Å². The number of carbonyl (C=O) groups excluding carboxylic acids is 2. The van der Waals surface area contributed by atoms with Gasteiger partial charge in [0.2, 0.25) is 0 Å². The van der Waals surface area contributed by atoms with Gasteiger partial charge in [-0.1, -0.05) is 17.7 Å². The number of likely N-dealkylation sites (N-methyl/N-ethyl adjacent to an activating group) is 1. The van der Waals surface area contributed by atoms with Gasteiger partial charge in [0.1, 0.15) is 11.5 Å². The highest BCUT2D eigenvalue weighted by Gasteiger charge is 2.23. The van der Waals surface area contributed by atoms with Crippen LogP contribution in [0.3, 0.4) is 0 Å². The molecule has 0 aliphatic carbocycles. The minimum absolute atomic E-state index is 0.0620. The number of hydrogen-bond acceptors (Lipinski definition) is 4. The second-order valence-corrected chi connectivity index (χ2v) is 6.55. The van der Waals surface area contributed by atoms with Crippen molar-refractivity contribution in [1.82, 2.24) is 9.88 Å². The third-order valence-corrected chi connectivity index (χ3v) is 4.45. The lowest BCUT2D eigenvalue weighted by atomic mass is 10.0. The number of aryl methyl sites for hydroxylation is 1. The van der Waals surface area contributed by atoms with Crippen LogP contribution in [-0.2, 0) is 11.3 Å². The van der Waals surface area contributed by atoms with Crippen LogP contribution in [0.25, 0.3) is 0 Å². The summed E-state index contributed by atoms with van der Waals surface area (Å²) in [5, 5.41) is 0.322. The molecule has 1 N–H and O–H groups in total. The molecule has 26 heavy (non-hydrogen) atoms. The summed E-state index contributed by atoms with van der Waals surface area (Å²) >= 11 is 6.04. The first kappa shape index (κ1) is 20.1. The molecule has 0 saturated carbocycles. The average molecular weight is 381 g/mol. The number of aromatic amines is 1. The van der Waals surface area contributed by atoms with Gasteiger partial charge in [-0.05, 0) is 45.5 Å². The molecule has 2 rings (SSSR count). The zero-order chi connectivity index (χ0) is 19.4. The van der Waals surface area contributed by atoms with E-state index in [9.17, 15) is 14.0 Å². The molecule has 1 heterocycles. The van der Waals surface area contributed by atoms with Gasteiger partial charge in [-0.15, -0.1) is 0 Å². The molecule has 0 fully saturated rings. The Morgan fingerprint density at radius 1 is 1.31 bits per heavy atom. The number of nitrogens with one attached hydrogen (secondary N) is 1. The van der Waals surface area contributed by atoms with Crippen LogP contribution in [0.2, 0.25) is 5.02 Å². The molecule has 7 heteroatoms. The van der Waals surface area contributed by atoms with Crippen molar-refractivity contribution in [2.24, 2.45) is 0 Å². The molecule has 0 aliphatic rings. The molecule has 0 bridgehead atoms. The number of ether oxygens (including phenoxy) is 1. The lowest BCUT2D eigenvalue weighted by Gasteiger charge is -2.17. The maximum atomic E-state index is 13.9. The van der Waals surface area contributed by atoms with Crippen molar-refractivity contribution >= 4 is 23.4 Å². The molecule has 5 nitrogen and oxygen atoms in total. The molecule has 2 aromatic rings. The first-order chi connectivity index (χ1) is 12.3. The second kappa shape index (κ2) is 8.47. The summed E-state index contributed by atoms with van der Waals surface area (Å²) in [7, 11) is 1.71. The smallest absolute Gasteiger partial charge is 0.355 e. The molecular weight excluding hydrogens is 359 g/mol. The van der Waals surface area contributed by atoms with Crippen LogP contribution in [0.1, 0.15) is 44.6 Å². The summed E-state index contributed by atoms with van der Waals surface area (Å²) in [5.41, 5.74) is 2.25. The summed E-state index contributed by atoms with van der Waals surface area (Å²) in [5.74, 6) is -1.06. The lowest BCUT2D eigenvalue weighted by Crippen LogP contribution is -2.26. The highest BCUT2D eigenvalue weighted by atomic mass is 35.5. The molecule has 0 aliphatic heterocycles. The Morgan fingerprint density at radius 3 is 2.62 bits per heavy atom. The third kappa shape index (κ3) is 4.31. The quantitative estimate of drug-likeness (QED) is 0.584. The van der Waals surface area contributed by atoms with Crippen LogP contribution in [-0.4, -0.2) is 41.8 Å². The molecule has 0 spiro atoms. The molecular formula is C19H22ClFN2O3. The van der Waals surface area contributed by atoms with Crippen LogP contribution < -0.4 is 0 Å². The van der Waals surface area contributed by atoms with E-state index >= 15 is 0 Å². The van der Waals surface area contributed by atoms with Crippen LogP contribution in [0.4, 0.5) is 4.39 Å². The van der Waals surface area contributed by atoms with E-state index in [-0.39, 0.29) is 31.2 Å². The number of hydrogen-bond donors (Lipinski definition) is 1. The summed E-state index contributed by atoms with van der Waals surface area (Å²) in [6, 6.07) is 4.49. The van der Waals surface area contributed by atoms with Gasteiger partial charge in [-0.3, -0.25) is 9.69 Å². The summed E-state index contributed by atoms with van der Waals surface area (Å²) in [4.78, 5) is 29.3. The fourth-order valence-corrected chi connectivity index (χ4v) is 3.13. The SMILES string of the molecule is CCOC(=O)c1[nH]c(C)c(C(=O)CN(C)Cc2c(F)cccc2Cl)c1C. The third-order valence-electron chi connectivity index (χ3n) is 4.10. The van der Waals surface area contributed by atoms with Crippen molar-refractivity contribution in [2.45, 2.75) is 27.3 Å². The van der Waals surface area contributed by atoms with E-state index < -0.39 is 11.8 Å². The highest BCUT2D eigenvalue weighted by molar-refractivity contribution is 6.31. The summed E-state index contributed by atoms with van der Waals surface area (Å²) in [6.07, 6.45) is 0. The normalized spacial score (nSPS) is 11.0. The number of carbonyl (C=O) groups is 2. The van der Waals surface area contributed by atoms with E-state index in [2.05, 4.69) is 4.98 Å². The molecule has 0 unspecified atom stereocenters. The number of benzene rings is 1.